The van der Waals surface area contributed by atoms with Gasteiger partial charge in [-0.2, -0.15) is 0 Å². The van der Waals surface area contributed by atoms with Gasteiger partial charge in [-0.1, -0.05) is 12.1 Å². The van der Waals surface area contributed by atoms with Crippen LogP contribution in [0.25, 0.3) is 0 Å². The van der Waals surface area contributed by atoms with Gasteiger partial charge in [0.2, 0.25) is 10.0 Å². The van der Waals surface area contributed by atoms with Crippen molar-refractivity contribution in [3.8, 4) is 5.75 Å². The summed E-state index contributed by atoms with van der Waals surface area (Å²) in [5.41, 5.74) is 1.46. The van der Waals surface area contributed by atoms with Gasteiger partial charge in [0.15, 0.2) is 0 Å². The van der Waals surface area contributed by atoms with Crippen molar-refractivity contribution in [1.29, 1.82) is 0 Å². The van der Waals surface area contributed by atoms with Gasteiger partial charge in [-0.3, -0.25) is 4.79 Å². The summed E-state index contributed by atoms with van der Waals surface area (Å²) >= 11 is 0. The number of anilines is 1. The number of nitrogens with one attached hydrogen (secondary N) is 1. The predicted octanol–water partition coefficient (Wildman–Crippen LogP) is 2.90. The molecule has 0 atom stereocenters. The fraction of sp³-hybridized carbons (Fsp3) is 0.278. The first-order valence-electron chi connectivity index (χ1n) is 7.83. The molecule has 1 N–H and O–H groups in total. The van der Waals surface area contributed by atoms with E-state index >= 15 is 0 Å². The van der Waals surface area contributed by atoms with E-state index in [0.717, 1.165) is 4.31 Å². The van der Waals surface area contributed by atoms with Crippen molar-refractivity contribution >= 4 is 21.6 Å². The second kappa shape index (κ2) is 7.67. The van der Waals surface area contributed by atoms with Gasteiger partial charge in [0, 0.05) is 25.3 Å². The van der Waals surface area contributed by atoms with E-state index in [-0.39, 0.29) is 10.8 Å². The van der Waals surface area contributed by atoms with Crippen molar-refractivity contribution < 1.29 is 17.9 Å². The fourth-order valence-electron chi connectivity index (χ4n) is 2.25. The summed E-state index contributed by atoms with van der Waals surface area (Å²) in [4.78, 5) is 12.6. The number of sulfonamides is 1. The molecule has 0 aromatic heterocycles. The van der Waals surface area contributed by atoms with Crippen LogP contribution in [0.15, 0.2) is 47.4 Å². The highest BCUT2D eigenvalue weighted by atomic mass is 32.2. The van der Waals surface area contributed by atoms with Gasteiger partial charge in [-0.15, -0.1) is 0 Å². The minimum absolute atomic E-state index is 0.165. The zero-order valence-corrected chi connectivity index (χ0v) is 15.6. The van der Waals surface area contributed by atoms with Crippen LogP contribution in [0.4, 0.5) is 5.69 Å². The van der Waals surface area contributed by atoms with Crippen LogP contribution < -0.4 is 10.1 Å². The Kier molecular flexibility index (Phi) is 5.81. The van der Waals surface area contributed by atoms with Crippen molar-refractivity contribution in [2.75, 3.05) is 26.0 Å². The topological polar surface area (TPSA) is 75.7 Å². The normalized spacial score (nSPS) is 11.4. The van der Waals surface area contributed by atoms with Crippen LogP contribution in [0.5, 0.6) is 5.75 Å². The van der Waals surface area contributed by atoms with Crippen LogP contribution >= 0.6 is 0 Å². The number of hydrogen-bond donors (Lipinski definition) is 1. The molecule has 6 nitrogen and oxygen atoms in total. The lowest BCUT2D eigenvalue weighted by molar-refractivity contribution is 0.102. The molecule has 25 heavy (non-hydrogen) atoms. The number of aryl methyl sites for hydroxylation is 1. The predicted molar refractivity (Wildman–Crippen MR) is 97.6 cm³/mol. The molecule has 0 bridgehead atoms. The van der Waals surface area contributed by atoms with Crippen molar-refractivity contribution in [2.45, 2.75) is 18.7 Å². The second-order valence-electron chi connectivity index (χ2n) is 5.68. The third-order valence-electron chi connectivity index (χ3n) is 3.61. The van der Waals surface area contributed by atoms with E-state index in [9.17, 15) is 13.2 Å². The molecule has 0 aliphatic rings. The molecule has 0 spiro atoms. The van der Waals surface area contributed by atoms with Gasteiger partial charge < -0.3 is 10.1 Å². The first kappa shape index (κ1) is 19.0. The Morgan fingerprint density at radius 3 is 2.52 bits per heavy atom. The zero-order chi connectivity index (χ0) is 18.6. The summed E-state index contributed by atoms with van der Waals surface area (Å²) in [6, 6.07) is 11.6. The number of rotatable bonds is 6. The summed E-state index contributed by atoms with van der Waals surface area (Å²) in [6.07, 6.45) is 0. The maximum atomic E-state index is 12.4. The maximum absolute atomic E-state index is 12.4. The molecular weight excluding hydrogens is 340 g/mol. The molecule has 2 aromatic rings. The molecule has 0 saturated carbocycles. The molecular formula is C18H22N2O4S. The standard InChI is InChI=1S/C18H22N2O4S/c1-5-24-16-8-6-7-14(11-16)18(21)19-15-10-9-13(2)17(12-15)25(22,23)20(3)4/h6-12H,5H2,1-4H3,(H,19,21). The average Bonchev–Trinajstić information content (AvgIpc) is 2.57. The largest absolute Gasteiger partial charge is 0.494 e. The Hall–Kier alpha value is -2.38. The number of amides is 1. The van der Waals surface area contributed by atoms with Crippen LogP contribution in [-0.2, 0) is 10.0 Å². The monoisotopic (exact) mass is 362 g/mol. The van der Waals surface area contributed by atoms with Crippen molar-refractivity contribution in [3.05, 3.63) is 53.6 Å². The minimum atomic E-state index is -3.58. The number of carbonyl (C=O) groups excluding carboxylic acids is 1. The Morgan fingerprint density at radius 2 is 1.88 bits per heavy atom. The SMILES string of the molecule is CCOc1cccc(C(=O)Nc2ccc(C)c(S(=O)(=O)N(C)C)c2)c1. The first-order valence-corrected chi connectivity index (χ1v) is 9.27. The maximum Gasteiger partial charge on any atom is 0.255 e. The van der Waals surface area contributed by atoms with Crippen molar-refractivity contribution in [2.24, 2.45) is 0 Å². The van der Waals surface area contributed by atoms with Crippen LogP contribution in [0.2, 0.25) is 0 Å². The molecule has 0 unspecified atom stereocenters. The summed E-state index contributed by atoms with van der Waals surface area (Å²) < 4.78 is 31.3. The molecule has 0 aliphatic heterocycles. The second-order valence-corrected chi connectivity index (χ2v) is 7.80. The van der Waals surface area contributed by atoms with Gasteiger partial charge in [0.25, 0.3) is 5.91 Å². The number of benzene rings is 2. The molecule has 0 saturated heterocycles. The molecule has 0 aliphatic carbocycles. The fourth-order valence-corrected chi connectivity index (χ4v) is 3.39. The van der Waals surface area contributed by atoms with Crippen LogP contribution in [0, 0.1) is 6.92 Å². The lowest BCUT2D eigenvalue weighted by Crippen LogP contribution is -2.23. The minimum Gasteiger partial charge on any atom is -0.494 e. The molecule has 2 rings (SSSR count). The van der Waals surface area contributed by atoms with Gasteiger partial charge in [0.05, 0.1) is 11.5 Å². The van der Waals surface area contributed by atoms with Crippen molar-refractivity contribution in [1.82, 2.24) is 4.31 Å². The molecule has 0 fully saturated rings. The van der Waals surface area contributed by atoms with E-state index in [1.54, 1.807) is 43.3 Å². The Morgan fingerprint density at radius 1 is 1.16 bits per heavy atom. The van der Waals surface area contributed by atoms with Crippen LogP contribution in [0.1, 0.15) is 22.8 Å². The molecule has 0 heterocycles. The summed E-state index contributed by atoms with van der Waals surface area (Å²) in [7, 11) is -0.640. The van der Waals surface area contributed by atoms with Crippen LogP contribution in [-0.4, -0.2) is 39.3 Å². The lowest BCUT2D eigenvalue weighted by atomic mass is 10.2. The first-order chi connectivity index (χ1) is 11.8. The highest BCUT2D eigenvalue weighted by molar-refractivity contribution is 7.89. The third kappa shape index (κ3) is 4.37. The zero-order valence-electron chi connectivity index (χ0n) is 14.7. The number of ether oxygens (including phenoxy) is 1. The summed E-state index contributed by atoms with van der Waals surface area (Å²) in [6.45, 7) is 4.09. The summed E-state index contributed by atoms with van der Waals surface area (Å²) in [5, 5.41) is 2.73. The van der Waals surface area contributed by atoms with E-state index < -0.39 is 10.0 Å². The lowest BCUT2D eigenvalue weighted by Gasteiger charge is -2.15. The molecule has 1 amide bonds. The van der Waals surface area contributed by atoms with E-state index in [1.165, 1.54) is 20.2 Å². The highest BCUT2D eigenvalue weighted by Gasteiger charge is 2.20. The molecule has 134 valence electrons. The molecule has 0 radical (unpaired) electrons. The molecule has 7 heteroatoms. The van der Waals surface area contributed by atoms with Gasteiger partial charge in [-0.25, -0.2) is 12.7 Å². The number of hydrogen-bond acceptors (Lipinski definition) is 4. The van der Waals surface area contributed by atoms with E-state index in [4.69, 9.17) is 4.74 Å². The number of nitrogens with zero attached hydrogens (tertiary/aromatic N) is 1. The van der Waals surface area contributed by atoms with Crippen LogP contribution in [0.3, 0.4) is 0 Å². The average molecular weight is 362 g/mol. The quantitative estimate of drug-likeness (QED) is 0.857. The van der Waals surface area contributed by atoms with Gasteiger partial charge in [0.1, 0.15) is 5.75 Å². The van der Waals surface area contributed by atoms with Gasteiger partial charge >= 0.3 is 0 Å². The Balaban J connectivity index is 2.29. The van der Waals surface area contributed by atoms with E-state index in [1.807, 2.05) is 6.92 Å². The molecule has 2 aromatic carbocycles. The van der Waals surface area contributed by atoms with Crippen molar-refractivity contribution in [3.63, 3.8) is 0 Å². The van der Waals surface area contributed by atoms with Gasteiger partial charge in [-0.05, 0) is 49.7 Å². The smallest absolute Gasteiger partial charge is 0.255 e. The highest BCUT2D eigenvalue weighted by Crippen LogP contribution is 2.23. The summed E-state index contributed by atoms with van der Waals surface area (Å²) in [5.74, 6) is 0.272. The van der Waals surface area contributed by atoms with E-state index in [2.05, 4.69) is 5.32 Å². The Labute approximate surface area is 148 Å². The third-order valence-corrected chi connectivity index (χ3v) is 5.57. The number of carbonyl (C=O) groups is 1. The van der Waals surface area contributed by atoms with E-state index in [0.29, 0.717) is 29.2 Å². The Bertz CT molecular complexity index is 876.